The van der Waals surface area contributed by atoms with Crippen LogP contribution in [0, 0.1) is 19.3 Å². The number of rotatable bonds is 4. The van der Waals surface area contributed by atoms with Crippen molar-refractivity contribution < 1.29 is 9.59 Å². The Hall–Kier alpha value is -1.85. The number of nitrogens with one attached hydrogen (secondary N) is 1. The van der Waals surface area contributed by atoms with Gasteiger partial charge in [-0.2, -0.15) is 5.10 Å². The summed E-state index contributed by atoms with van der Waals surface area (Å²) in [5, 5.41) is 7.05. The number of H-pyrrole nitrogens is 1. The quantitative estimate of drug-likeness (QED) is 0.788. The third kappa shape index (κ3) is 2.01. The van der Waals surface area contributed by atoms with Gasteiger partial charge in [-0.3, -0.25) is 14.7 Å². The van der Waals surface area contributed by atoms with Gasteiger partial charge in [0.1, 0.15) is 5.41 Å². The highest BCUT2D eigenvalue weighted by atomic mass is 16.2. The van der Waals surface area contributed by atoms with Crippen molar-refractivity contribution in [2.45, 2.75) is 39.7 Å². The van der Waals surface area contributed by atoms with Crippen LogP contribution in [-0.4, -0.2) is 34.0 Å². The fourth-order valence-corrected chi connectivity index (χ4v) is 2.57. The van der Waals surface area contributed by atoms with Crippen molar-refractivity contribution in [3.63, 3.8) is 0 Å². The standard InChI is InChI=1S/C13H20N4O2/c1-7-10(8(2)16-15-7)9(3)17(4)12(19)13(5-6-13)11(14)18/h9H,5-6H2,1-4H3,(H2,14,18)(H,15,16)/t9-/m1/s1. The Balaban J connectivity index is 2.23. The number of amides is 2. The maximum atomic E-state index is 12.4. The molecular formula is C13H20N4O2. The molecule has 1 saturated carbocycles. The summed E-state index contributed by atoms with van der Waals surface area (Å²) in [5.74, 6) is -0.704. The first-order valence-corrected chi connectivity index (χ1v) is 6.40. The van der Waals surface area contributed by atoms with Gasteiger partial charge in [-0.25, -0.2) is 0 Å². The number of carbonyl (C=O) groups is 2. The predicted molar refractivity (Wildman–Crippen MR) is 70.1 cm³/mol. The van der Waals surface area contributed by atoms with Gasteiger partial charge in [0.2, 0.25) is 11.8 Å². The molecule has 1 aliphatic carbocycles. The maximum absolute atomic E-state index is 12.4. The topological polar surface area (TPSA) is 92.1 Å². The molecule has 0 aliphatic heterocycles. The van der Waals surface area contributed by atoms with Gasteiger partial charge in [0.15, 0.2) is 0 Å². The second-order valence-corrected chi connectivity index (χ2v) is 5.39. The highest BCUT2D eigenvalue weighted by Gasteiger charge is 2.57. The largest absolute Gasteiger partial charge is 0.369 e. The number of primary amides is 1. The van der Waals surface area contributed by atoms with E-state index in [4.69, 9.17) is 5.73 Å². The lowest BCUT2D eigenvalue weighted by molar-refractivity contribution is -0.143. The van der Waals surface area contributed by atoms with E-state index >= 15 is 0 Å². The molecule has 1 fully saturated rings. The molecule has 0 spiro atoms. The molecule has 19 heavy (non-hydrogen) atoms. The molecule has 0 unspecified atom stereocenters. The number of nitrogens with two attached hydrogens (primary N) is 1. The van der Waals surface area contributed by atoms with Gasteiger partial charge < -0.3 is 10.6 Å². The summed E-state index contributed by atoms with van der Waals surface area (Å²) in [6.45, 7) is 5.75. The van der Waals surface area contributed by atoms with Gasteiger partial charge in [-0.1, -0.05) is 0 Å². The minimum atomic E-state index is -0.964. The van der Waals surface area contributed by atoms with E-state index in [2.05, 4.69) is 10.2 Å². The third-order valence-electron chi connectivity index (χ3n) is 4.14. The summed E-state index contributed by atoms with van der Waals surface area (Å²) < 4.78 is 0. The number of hydrogen-bond acceptors (Lipinski definition) is 3. The molecule has 104 valence electrons. The predicted octanol–water partition coefficient (Wildman–Crippen LogP) is 0.811. The molecule has 0 radical (unpaired) electrons. The lowest BCUT2D eigenvalue weighted by Gasteiger charge is -2.28. The molecule has 1 aromatic heterocycles. The van der Waals surface area contributed by atoms with Gasteiger partial charge in [-0.05, 0) is 33.6 Å². The zero-order valence-electron chi connectivity index (χ0n) is 11.8. The molecule has 2 rings (SSSR count). The second-order valence-electron chi connectivity index (χ2n) is 5.39. The molecule has 2 amide bonds. The first kappa shape index (κ1) is 13.6. The van der Waals surface area contributed by atoms with Crippen LogP contribution < -0.4 is 5.73 Å². The van der Waals surface area contributed by atoms with E-state index in [1.807, 2.05) is 20.8 Å². The maximum Gasteiger partial charge on any atom is 0.238 e. The molecule has 0 saturated heterocycles. The van der Waals surface area contributed by atoms with Gasteiger partial charge in [-0.15, -0.1) is 0 Å². The second kappa shape index (κ2) is 4.36. The smallest absolute Gasteiger partial charge is 0.238 e. The molecule has 1 atom stereocenters. The van der Waals surface area contributed by atoms with E-state index in [0.717, 1.165) is 17.0 Å². The van der Waals surface area contributed by atoms with Crippen LogP contribution in [0.25, 0.3) is 0 Å². The van der Waals surface area contributed by atoms with E-state index in [0.29, 0.717) is 12.8 Å². The van der Waals surface area contributed by atoms with E-state index in [-0.39, 0.29) is 11.9 Å². The zero-order valence-corrected chi connectivity index (χ0v) is 11.8. The highest BCUT2D eigenvalue weighted by Crippen LogP contribution is 2.47. The monoisotopic (exact) mass is 264 g/mol. The van der Waals surface area contributed by atoms with Crippen LogP contribution in [-0.2, 0) is 9.59 Å². The fraction of sp³-hybridized carbons (Fsp3) is 0.615. The normalized spacial score (nSPS) is 17.9. The molecule has 1 heterocycles. The fourth-order valence-electron chi connectivity index (χ4n) is 2.57. The van der Waals surface area contributed by atoms with Gasteiger partial charge in [0, 0.05) is 18.3 Å². The van der Waals surface area contributed by atoms with Gasteiger partial charge >= 0.3 is 0 Å². The highest BCUT2D eigenvalue weighted by molar-refractivity contribution is 6.07. The van der Waals surface area contributed by atoms with Crippen LogP contribution >= 0.6 is 0 Å². The average molecular weight is 264 g/mol. The Morgan fingerprint density at radius 2 is 2.00 bits per heavy atom. The van der Waals surface area contributed by atoms with Crippen molar-refractivity contribution in [1.82, 2.24) is 15.1 Å². The van der Waals surface area contributed by atoms with Crippen LogP contribution in [0.2, 0.25) is 0 Å². The van der Waals surface area contributed by atoms with Crippen LogP contribution in [0.1, 0.15) is 42.8 Å². The number of aromatic nitrogens is 2. The molecule has 1 aliphatic rings. The van der Waals surface area contributed by atoms with Crippen molar-refractivity contribution in [3.8, 4) is 0 Å². The Morgan fingerprint density at radius 3 is 2.37 bits per heavy atom. The first-order valence-electron chi connectivity index (χ1n) is 6.40. The molecule has 3 N–H and O–H groups in total. The average Bonchev–Trinajstić information content (AvgIpc) is 3.10. The molecular weight excluding hydrogens is 244 g/mol. The van der Waals surface area contributed by atoms with Crippen LogP contribution in [0.3, 0.4) is 0 Å². The number of aryl methyl sites for hydroxylation is 2. The van der Waals surface area contributed by atoms with E-state index in [9.17, 15) is 9.59 Å². The third-order valence-corrected chi connectivity index (χ3v) is 4.14. The van der Waals surface area contributed by atoms with Gasteiger partial charge in [0.05, 0.1) is 11.7 Å². The van der Waals surface area contributed by atoms with Crippen LogP contribution in [0.5, 0.6) is 0 Å². The van der Waals surface area contributed by atoms with Crippen molar-refractivity contribution in [2.75, 3.05) is 7.05 Å². The minimum absolute atomic E-state index is 0.136. The SMILES string of the molecule is Cc1n[nH]c(C)c1[C@@H](C)N(C)C(=O)C1(C(N)=O)CC1. The summed E-state index contributed by atoms with van der Waals surface area (Å²) >= 11 is 0. The Bertz CT molecular complexity index is 511. The van der Waals surface area contributed by atoms with Crippen LogP contribution in [0.15, 0.2) is 0 Å². The van der Waals surface area contributed by atoms with Crippen molar-refractivity contribution in [3.05, 3.63) is 17.0 Å². The molecule has 6 heteroatoms. The number of hydrogen-bond donors (Lipinski definition) is 2. The molecule has 0 aromatic carbocycles. The molecule has 6 nitrogen and oxygen atoms in total. The molecule has 0 bridgehead atoms. The summed E-state index contributed by atoms with van der Waals surface area (Å²) in [6, 6.07) is -0.136. The summed E-state index contributed by atoms with van der Waals surface area (Å²) in [6.07, 6.45) is 1.11. The Kier molecular flexibility index (Phi) is 3.12. The van der Waals surface area contributed by atoms with Crippen LogP contribution in [0.4, 0.5) is 0 Å². The van der Waals surface area contributed by atoms with Crippen molar-refractivity contribution in [2.24, 2.45) is 11.1 Å². The summed E-state index contributed by atoms with van der Waals surface area (Å²) in [7, 11) is 1.71. The molecule has 1 aromatic rings. The number of aromatic amines is 1. The zero-order chi connectivity index (χ0) is 14.4. The van der Waals surface area contributed by atoms with E-state index < -0.39 is 11.3 Å². The lowest BCUT2D eigenvalue weighted by atomic mass is 10.0. The Labute approximate surface area is 112 Å². The number of nitrogens with zero attached hydrogens (tertiary/aromatic N) is 2. The van der Waals surface area contributed by atoms with Gasteiger partial charge in [0.25, 0.3) is 0 Å². The van der Waals surface area contributed by atoms with Crippen molar-refractivity contribution >= 4 is 11.8 Å². The lowest BCUT2D eigenvalue weighted by Crippen LogP contribution is -2.42. The van der Waals surface area contributed by atoms with E-state index in [1.54, 1.807) is 11.9 Å². The Morgan fingerprint density at radius 1 is 1.42 bits per heavy atom. The summed E-state index contributed by atoms with van der Waals surface area (Å²) in [5.41, 5.74) is 7.19. The minimum Gasteiger partial charge on any atom is -0.369 e. The first-order chi connectivity index (χ1) is 8.81. The number of carbonyl (C=O) groups excluding carboxylic acids is 2. The van der Waals surface area contributed by atoms with Crippen molar-refractivity contribution in [1.29, 1.82) is 0 Å². The summed E-state index contributed by atoms with van der Waals surface area (Å²) in [4.78, 5) is 25.5. The van der Waals surface area contributed by atoms with E-state index in [1.165, 1.54) is 0 Å².